The molecule has 0 aliphatic carbocycles. The quantitative estimate of drug-likeness (QED) is 0.828. The van der Waals surface area contributed by atoms with Crippen molar-refractivity contribution in [3.05, 3.63) is 16.0 Å². The van der Waals surface area contributed by atoms with Gasteiger partial charge in [0.2, 0.25) is 5.91 Å². The maximum Gasteiger partial charge on any atom is 0.341 e. The van der Waals surface area contributed by atoms with Crippen molar-refractivity contribution in [3.8, 4) is 0 Å². The summed E-state index contributed by atoms with van der Waals surface area (Å²) in [5.41, 5.74) is 1.55. The third kappa shape index (κ3) is 2.96. The second-order valence-electron chi connectivity index (χ2n) is 4.42. The van der Waals surface area contributed by atoms with Gasteiger partial charge in [-0.3, -0.25) is 4.79 Å². The highest BCUT2D eigenvalue weighted by atomic mass is 32.1. The fraction of sp³-hybridized carbons (Fsp3) is 0.538. The molecule has 1 aromatic rings. The number of thiophene rings is 1. The van der Waals surface area contributed by atoms with Crippen LogP contribution in [0.25, 0.3) is 0 Å². The number of ether oxygens (including phenoxy) is 1. The first-order valence-electron chi connectivity index (χ1n) is 6.40. The van der Waals surface area contributed by atoms with Crippen molar-refractivity contribution in [1.29, 1.82) is 0 Å². The number of fused-ring (bicyclic) bond motifs is 1. The molecular formula is C13H18N2O3S. The molecule has 19 heavy (non-hydrogen) atoms. The van der Waals surface area contributed by atoms with Gasteiger partial charge in [-0.15, -0.1) is 11.3 Å². The molecule has 6 heteroatoms. The fourth-order valence-corrected chi connectivity index (χ4v) is 3.38. The number of rotatable bonds is 4. The van der Waals surface area contributed by atoms with Gasteiger partial charge in [0, 0.05) is 17.8 Å². The first-order chi connectivity index (χ1) is 9.17. The molecule has 1 aromatic heterocycles. The van der Waals surface area contributed by atoms with Gasteiger partial charge in [0.1, 0.15) is 5.00 Å². The molecule has 5 nitrogen and oxygen atoms in total. The SMILES string of the molecule is CCCC(=O)Nc1sc2c(c1C(=O)OC)CCNC2. The molecule has 2 rings (SSSR count). The number of carbonyl (C=O) groups excluding carboxylic acids is 2. The zero-order valence-corrected chi connectivity index (χ0v) is 12.0. The van der Waals surface area contributed by atoms with Crippen molar-refractivity contribution in [2.75, 3.05) is 19.0 Å². The van der Waals surface area contributed by atoms with Gasteiger partial charge in [0.25, 0.3) is 0 Å². The van der Waals surface area contributed by atoms with Crippen LogP contribution in [0.15, 0.2) is 0 Å². The lowest BCUT2D eigenvalue weighted by Gasteiger charge is -2.13. The van der Waals surface area contributed by atoms with Crippen LogP contribution < -0.4 is 10.6 Å². The summed E-state index contributed by atoms with van der Waals surface area (Å²) >= 11 is 1.46. The first kappa shape index (κ1) is 14.0. The fourth-order valence-electron chi connectivity index (χ4n) is 2.16. The van der Waals surface area contributed by atoms with Gasteiger partial charge in [-0.05, 0) is 24.9 Å². The Labute approximate surface area is 116 Å². The minimum atomic E-state index is -0.369. The van der Waals surface area contributed by atoms with E-state index in [9.17, 15) is 9.59 Å². The third-order valence-corrected chi connectivity index (χ3v) is 4.20. The molecule has 0 saturated heterocycles. The van der Waals surface area contributed by atoms with Crippen molar-refractivity contribution < 1.29 is 14.3 Å². The van der Waals surface area contributed by atoms with Gasteiger partial charge in [0.05, 0.1) is 12.7 Å². The van der Waals surface area contributed by atoms with E-state index in [1.54, 1.807) is 0 Å². The van der Waals surface area contributed by atoms with E-state index in [1.807, 2.05) is 6.92 Å². The number of carbonyl (C=O) groups is 2. The molecule has 0 unspecified atom stereocenters. The van der Waals surface area contributed by atoms with E-state index in [-0.39, 0.29) is 11.9 Å². The van der Waals surface area contributed by atoms with E-state index in [0.717, 1.165) is 36.4 Å². The maximum absolute atomic E-state index is 11.9. The monoisotopic (exact) mass is 282 g/mol. The highest BCUT2D eigenvalue weighted by Crippen LogP contribution is 2.35. The molecule has 0 radical (unpaired) electrons. The molecule has 1 aliphatic heterocycles. The molecule has 1 aliphatic rings. The highest BCUT2D eigenvalue weighted by Gasteiger charge is 2.26. The van der Waals surface area contributed by atoms with Crippen LogP contribution in [0.2, 0.25) is 0 Å². The van der Waals surface area contributed by atoms with E-state index in [4.69, 9.17) is 4.74 Å². The van der Waals surface area contributed by atoms with E-state index >= 15 is 0 Å². The standard InChI is InChI=1S/C13H18N2O3S/c1-3-4-10(16)15-12-11(13(17)18-2)8-5-6-14-7-9(8)19-12/h14H,3-7H2,1-2H3,(H,15,16). The van der Waals surface area contributed by atoms with Crippen LogP contribution in [0, 0.1) is 0 Å². The topological polar surface area (TPSA) is 67.4 Å². The number of amides is 1. The smallest absolute Gasteiger partial charge is 0.341 e. The number of nitrogens with one attached hydrogen (secondary N) is 2. The molecule has 1 amide bonds. The lowest BCUT2D eigenvalue weighted by Crippen LogP contribution is -2.23. The van der Waals surface area contributed by atoms with E-state index in [1.165, 1.54) is 18.4 Å². The molecule has 2 N–H and O–H groups in total. The Balaban J connectivity index is 2.33. The van der Waals surface area contributed by atoms with E-state index in [2.05, 4.69) is 10.6 Å². The Morgan fingerprint density at radius 1 is 1.47 bits per heavy atom. The van der Waals surface area contributed by atoms with Crippen LogP contribution >= 0.6 is 11.3 Å². The second-order valence-corrected chi connectivity index (χ2v) is 5.53. The van der Waals surface area contributed by atoms with Crippen LogP contribution in [0.1, 0.15) is 40.6 Å². The zero-order valence-electron chi connectivity index (χ0n) is 11.2. The largest absolute Gasteiger partial charge is 0.465 e. The Bertz CT molecular complexity index is 496. The molecule has 0 fully saturated rings. The van der Waals surface area contributed by atoms with Gasteiger partial charge < -0.3 is 15.4 Å². The van der Waals surface area contributed by atoms with Gasteiger partial charge in [-0.2, -0.15) is 0 Å². The number of anilines is 1. The Morgan fingerprint density at radius 2 is 2.26 bits per heavy atom. The van der Waals surface area contributed by atoms with E-state index < -0.39 is 0 Å². The summed E-state index contributed by atoms with van der Waals surface area (Å²) in [7, 11) is 1.37. The minimum Gasteiger partial charge on any atom is -0.465 e. The molecule has 0 aromatic carbocycles. The van der Waals surface area contributed by atoms with Gasteiger partial charge >= 0.3 is 5.97 Å². The van der Waals surface area contributed by atoms with E-state index in [0.29, 0.717) is 17.0 Å². The van der Waals surface area contributed by atoms with Crippen LogP contribution in [-0.2, 0) is 22.5 Å². The summed E-state index contributed by atoms with van der Waals surface area (Å²) in [6, 6.07) is 0. The van der Waals surface area contributed by atoms with Crippen molar-refractivity contribution in [2.24, 2.45) is 0 Å². The average Bonchev–Trinajstić information content (AvgIpc) is 2.75. The summed E-state index contributed by atoms with van der Waals surface area (Å²) in [6.45, 7) is 3.54. The van der Waals surface area contributed by atoms with Gasteiger partial charge in [-0.25, -0.2) is 4.79 Å². The Hall–Kier alpha value is -1.40. The van der Waals surface area contributed by atoms with Gasteiger partial charge in [-0.1, -0.05) is 6.92 Å². The minimum absolute atomic E-state index is 0.0563. The van der Waals surface area contributed by atoms with Crippen LogP contribution in [-0.4, -0.2) is 25.5 Å². The Morgan fingerprint density at radius 3 is 2.95 bits per heavy atom. The number of hydrogen-bond donors (Lipinski definition) is 2. The molecule has 0 saturated carbocycles. The summed E-state index contributed by atoms with van der Waals surface area (Å²) in [5.74, 6) is -0.426. The van der Waals surface area contributed by atoms with Gasteiger partial charge in [0.15, 0.2) is 0 Å². The number of esters is 1. The Kier molecular flexibility index (Phi) is 4.55. The first-order valence-corrected chi connectivity index (χ1v) is 7.22. The van der Waals surface area contributed by atoms with Crippen molar-refractivity contribution in [1.82, 2.24) is 5.32 Å². The predicted octanol–water partition coefficient (Wildman–Crippen LogP) is 1.92. The molecule has 0 bridgehead atoms. The number of hydrogen-bond acceptors (Lipinski definition) is 5. The molecule has 0 atom stereocenters. The summed E-state index contributed by atoms with van der Waals surface area (Å²) in [5, 5.41) is 6.72. The maximum atomic E-state index is 11.9. The van der Waals surface area contributed by atoms with Crippen molar-refractivity contribution >= 4 is 28.2 Å². The lowest BCUT2D eigenvalue weighted by molar-refractivity contribution is -0.116. The lowest BCUT2D eigenvalue weighted by atomic mass is 10.0. The van der Waals surface area contributed by atoms with Crippen LogP contribution in [0.4, 0.5) is 5.00 Å². The second kappa shape index (κ2) is 6.16. The summed E-state index contributed by atoms with van der Waals surface area (Å²) in [4.78, 5) is 24.7. The molecule has 104 valence electrons. The summed E-state index contributed by atoms with van der Waals surface area (Å²) < 4.78 is 4.84. The van der Waals surface area contributed by atoms with Crippen molar-refractivity contribution in [2.45, 2.75) is 32.7 Å². The zero-order chi connectivity index (χ0) is 13.8. The highest BCUT2D eigenvalue weighted by molar-refractivity contribution is 7.17. The summed E-state index contributed by atoms with van der Waals surface area (Å²) in [6.07, 6.45) is 2.04. The third-order valence-electron chi connectivity index (χ3n) is 3.05. The van der Waals surface area contributed by atoms with Crippen LogP contribution in [0.3, 0.4) is 0 Å². The molecular weight excluding hydrogens is 264 g/mol. The predicted molar refractivity (Wildman–Crippen MR) is 74.6 cm³/mol. The normalized spacial score (nSPS) is 13.8. The number of methoxy groups -OCH3 is 1. The average molecular weight is 282 g/mol. The molecule has 2 heterocycles. The van der Waals surface area contributed by atoms with Crippen molar-refractivity contribution in [3.63, 3.8) is 0 Å². The van der Waals surface area contributed by atoms with Crippen LogP contribution in [0.5, 0.6) is 0 Å². The molecule has 0 spiro atoms.